The molecule has 0 saturated carbocycles. The van der Waals surface area contributed by atoms with Crippen LogP contribution in [0.3, 0.4) is 0 Å². The van der Waals surface area contributed by atoms with Gasteiger partial charge in [0, 0.05) is 5.92 Å². The van der Waals surface area contributed by atoms with Crippen molar-refractivity contribution in [2.24, 2.45) is 11.7 Å². The van der Waals surface area contributed by atoms with Gasteiger partial charge in [0.25, 0.3) is 0 Å². The molecule has 0 heterocycles. The van der Waals surface area contributed by atoms with Crippen LogP contribution in [0.4, 0.5) is 0 Å². The molecule has 74 valence electrons. The summed E-state index contributed by atoms with van der Waals surface area (Å²) in [5.74, 6) is 2.46. The molecule has 0 fully saturated rings. The standard InChI is InChI=1S/C10H18N2O/c1-4-9(5-2)12-10(13)8(3)6-7-11/h1,8-9H,5-7,11H2,2-3H3,(H,12,13). The largest absolute Gasteiger partial charge is 0.342 e. The first-order chi connectivity index (χ1) is 6.15. The Morgan fingerprint density at radius 2 is 2.31 bits per heavy atom. The molecule has 0 aromatic carbocycles. The van der Waals surface area contributed by atoms with Crippen molar-refractivity contribution in [3.63, 3.8) is 0 Å². The first-order valence-corrected chi connectivity index (χ1v) is 4.62. The molecule has 1 amide bonds. The summed E-state index contributed by atoms with van der Waals surface area (Å²) in [5, 5.41) is 2.77. The Labute approximate surface area is 80.1 Å². The van der Waals surface area contributed by atoms with Crippen molar-refractivity contribution in [1.82, 2.24) is 5.32 Å². The molecule has 0 saturated heterocycles. The zero-order valence-electron chi connectivity index (χ0n) is 8.34. The molecule has 0 bridgehead atoms. The molecule has 0 rings (SSSR count). The van der Waals surface area contributed by atoms with E-state index in [-0.39, 0.29) is 17.9 Å². The van der Waals surface area contributed by atoms with E-state index < -0.39 is 0 Å². The van der Waals surface area contributed by atoms with Gasteiger partial charge in [0.05, 0.1) is 6.04 Å². The van der Waals surface area contributed by atoms with E-state index in [4.69, 9.17) is 12.2 Å². The Kier molecular flexibility index (Phi) is 5.99. The molecule has 3 heteroatoms. The SMILES string of the molecule is C#CC(CC)NC(=O)C(C)CCN. The lowest BCUT2D eigenvalue weighted by molar-refractivity contribution is -0.125. The van der Waals surface area contributed by atoms with E-state index in [1.54, 1.807) is 0 Å². The van der Waals surface area contributed by atoms with E-state index in [9.17, 15) is 4.79 Å². The minimum Gasteiger partial charge on any atom is -0.342 e. The van der Waals surface area contributed by atoms with Crippen LogP contribution in [0.15, 0.2) is 0 Å². The lowest BCUT2D eigenvalue weighted by atomic mass is 10.1. The Balaban J connectivity index is 3.92. The molecule has 0 aromatic rings. The monoisotopic (exact) mass is 182 g/mol. The van der Waals surface area contributed by atoms with Crippen molar-refractivity contribution in [2.75, 3.05) is 6.54 Å². The number of carbonyl (C=O) groups excluding carboxylic acids is 1. The molecule has 0 aliphatic heterocycles. The van der Waals surface area contributed by atoms with E-state index in [1.165, 1.54) is 0 Å². The van der Waals surface area contributed by atoms with Gasteiger partial charge in [-0.05, 0) is 19.4 Å². The van der Waals surface area contributed by atoms with E-state index in [0.717, 1.165) is 6.42 Å². The number of rotatable bonds is 5. The molecule has 0 aliphatic carbocycles. The topological polar surface area (TPSA) is 55.1 Å². The third-order valence-corrected chi connectivity index (χ3v) is 1.97. The highest BCUT2D eigenvalue weighted by atomic mass is 16.1. The van der Waals surface area contributed by atoms with Crippen LogP contribution < -0.4 is 11.1 Å². The molecule has 2 unspecified atom stereocenters. The molecule has 3 nitrogen and oxygen atoms in total. The average molecular weight is 182 g/mol. The zero-order chi connectivity index (χ0) is 10.3. The number of hydrogen-bond donors (Lipinski definition) is 2. The molecular weight excluding hydrogens is 164 g/mol. The zero-order valence-corrected chi connectivity index (χ0v) is 8.34. The van der Waals surface area contributed by atoms with Crippen molar-refractivity contribution in [3.05, 3.63) is 0 Å². The van der Waals surface area contributed by atoms with Crippen LogP contribution in [0.5, 0.6) is 0 Å². The lowest BCUT2D eigenvalue weighted by Gasteiger charge is -2.14. The predicted molar refractivity (Wildman–Crippen MR) is 53.9 cm³/mol. The fourth-order valence-corrected chi connectivity index (χ4v) is 0.957. The summed E-state index contributed by atoms with van der Waals surface area (Å²) < 4.78 is 0. The number of nitrogens with one attached hydrogen (secondary N) is 1. The van der Waals surface area contributed by atoms with Crippen LogP contribution in [0, 0.1) is 18.3 Å². The van der Waals surface area contributed by atoms with Gasteiger partial charge in [-0.25, -0.2) is 0 Å². The van der Waals surface area contributed by atoms with E-state index in [1.807, 2.05) is 13.8 Å². The summed E-state index contributed by atoms with van der Waals surface area (Å²) in [6, 6.07) is -0.146. The minimum absolute atomic E-state index is 0.00440. The van der Waals surface area contributed by atoms with Gasteiger partial charge in [0.1, 0.15) is 0 Å². The number of hydrogen-bond acceptors (Lipinski definition) is 2. The van der Waals surface area contributed by atoms with Crippen molar-refractivity contribution in [3.8, 4) is 12.3 Å². The summed E-state index contributed by atoms with van der Waals surface area (Å²) in [4.78, 5) is 11.4. The van der Waals surface area contributed by atoms with Gasteiger partial charge in [-0.1, -0.05) is 19.8 Å². The molecule has 3 N–H and O–H groups in total. The van der Waals surface area contributed by atoms with Crippen molar-refractivity contribution in [2.45, 2.75) is 32.7 Å². The second-order valence-electron chi connectivity index (χ2n) is 3.11. The molecule has 0 aliphatic rings. The summed E-state index contributed by atoms with van der Waals surface area (Å²) in [6.07, 6.45) is 6.68. The van der Waals surface area contributed by atoms with Crippen LogP contribution in [-0.4, -0.2) is 18.5 Å². The van der Waals surface area contributed by atoms with E-state index in [0.29, 0.717) is 13.0 Å². The maximum atomic E-state index is 11.4. The summed E-state index contributed by atoms with van der Waals surface area (Å²) in [7, 11) is 0. The normalized spacial score (nSPS) is 14.3. The smallest absolute Gasteiger partial charge is 0.223 e. The Hall–Kier alpha value is -1.01. The maximum absolute atomic E-state index is 11.4. The second kappa shape index (κ2) is 6.50. The third kappa shape index (κ3) is 4.54. The fourth-order valence-electron chi connectivity index (χ4n) is 0.957. The van der Waals surface area contributed by atoms with Crippen LogP contribution in [-0.2, 0) is 4.79 Å². The summed E-state index contributed by atoms with van der Waals surface area (Å²) >= 11 is 0. The molecule has 0 radical (unpaired) electrons. The van der Waals surface area contributed by atoms with Gasteiger partial charge in [-0.3, -0.25) is 4.79 Å². The van der Waals surface area contributed by atoms with E-state index in [2.05, 4.69) is 11.2 Å². The highest BCUT2D eigenvalue weighted by Crippen LogP contribution is 2.01. The van der Waals surface area contributed by atoms with Gasteiger partial charge in [-0.15, -0.1) is 6.42 Å². The first-order valence-electron chi connectivity index (χ1n) is 4.62. The highest BCUT2D eigenvalue weighted by Gasteiger charge is 2.13. The molecule has 2 atom stereocenters. The number of carbonyl (C=O) groups is 1. The number of terminal acetylenes is 1. The van der Waals surface area contributed by atoms with Gasteiger partial charge in [0.15, 0.2) is 0 Å². The van der Waals surface area contributed by atoms with Crippen molar-refractivity contribution >= 4 is 5.91 Å². The van der Waals surface area contributed by atoms with Crippen LogP contribution in [0.2, 0.25) is 0 Å². The Bertz CT molecular complexity index is 196. The highest BCUT2D eigenvalue weighted by molar-refractivity contribution is 5.78. The van der Waals surface area contributed by atoms with Crippen LogP contribution >= 0.6 is 0 Å². The Morgan fingerprint density at radius 3 is 2.69 bits per heavy atom. The number of nitrogens with two attached hydrogens (primary N) is 1. The lowest BCUT2D eigenvalue weighted by Crippen LogP contribution is -2.37. The van der Waals surface area contributed by atoms with Gasteiger partial charge in [-0.2, -0.15) is 0 Å². The average Bonchev–Trinajstić information content (AvgIpc) is 2.14. The van der Waals surface area contributed by atoms with Crippen LogP contribution in [0.25, 0.3) is 0 Å². The van der Waals surface area contributed by atoms with Gasteiger partial charge < -0.3 is 11.1 Å². The molecule has 0 spiro atoms. The van der Waals surface area contributed by atoms with Gasteiger partial charge >= 0.3 is 0 Å². The third-order valence-electron chi connectivity index (χ3n) is 1.97. The van der Waals surface area contributed by atoms with Crippen molar-refractivity contribution in [1.29, 1.82) is 0 Å². The predicted octanol–water partition coefficient (Wildman–Crippen LogP) is 0.499. The number of amides is 1. The quantitative estimate of drug-likeness (QED) is 0.608. The fraction of sp³-hybridized carbons (Fsp3) is 0.700. The van der Waals surface area contributed by atoms with E-state index >= 15 is 0 Å². The van der Waals surface area contributed by atoms with Crippen LogP contribution in [0.1, 0.15) is 26.7 Å². The molecular formula is C10H18N2O. The maximum Gasteiger partial charge on any atom is 0.223 e. The molecule has 0 aromatic heterocycles. The molecule has 13 heavy (non-hydrogen) atoms. The van der Waals surface area contributed by atoms with Gasteiger partial charge in [0.2, 0.25) is 5.91 Å². The summed E-state index contributed by atoms with van der Waals surface area (Å²) in [6.45, 7) is 4.32. The Morgan fingerprint density at radius 1 is 1.69 bits per heavy atom. The first kappa shape index (κ1) is 12.0. The summed E-state index contributed by atoms with van der Waals surface area (Å²) in [5.41, 5.74) is 5.34. The minimum atomic E-state index is -0.146. The van der Waals surface area contributed by atoms with Crippen molar-refractivity contribution < 1.29 is 4.79 Å². The second-order valence-corrected chi connectivity index (χ2v) is 3.11.